The largest absolute Gasteiger partial charge is 0.280 e. The molecule has 20 heavy (non-hydrogen) atoms. The van der Waals surface area contributed by atoms with Gasteiger partial charge in [-0.05, 0) is 48.7 Å². The van der Waals surface area contributed by atoms with Gasteiger partial charge in [-0.3, -0.25) is 4.72 Å². The van der Waals surface area contributed by atoms with Crippen molar-refractivity contribution in [2.45, 2.75) is 9.79 Å². The maximum absolute atomic E-state index is 13.1. The van der Waals surface area contributed by atoms with Crippen LogP contribution < -0.4 is 4.72 Å². The first-order valence-corrected chi connectivity index (χ1v) is 8.25. The molecular weight excluding hydrogens is 304 g/mol. The summed E-state index contributed by atoms with van der Waals surface area (Å²) in [7, 11) is -3.94. The Bertz CT molecular complexity index is 716. The van der Waals surface area contributed by atoms with E-state index in [1.54, 1.807) is 24.3 Å². The van der Waals surface area contributed by atoms with Crippen LogP contribution in [0.2, 0.25) is 0 Å². The second kappa shape index (κ2) is 5.80. The van der Waals surface area contributed by atoms with E-state index in [-0.39, 0.29) is 4.90 Å². The van der Waals surface area contributed by atoms with Gasteiger partial charge in [-0.2, -0.15) is 0 Å². The third-order valence-electron chi connectivity index (χ3n) is 2.54. The van der Waals surface area contributed by atoms with E-state index in [2.05, 4.69) is 4.72 Å². The Morgan fingerprint density at radius 3 is 2.20 bits per heavy atom. The predicted molar refractivity (Wildman–Crippen MR) is 75.4 cm³/mol. The van der Waals surface area contributed by atoms with Gasteiger partial charge in [0.2, 0.25) is 0 Å². The van der Waals surface area contributed by atoms with Crippen LogP contribution in [-0.4, -0.2) is 14.7 Å². The molecule has 3 nitrogen and oxygen atoms in total. The monoisotopic (exact) mass is 315 g/mol. The molecule has 2 rings (SSSR count). The predicted octanol–water partition coefficient (Wildman–Crippen LogP) is 3.49. The van der Waals surface area contributed by atoms with E-state index < -0.39 is 21.7 Å². The van der Waals surface area contributed by atoms with E-state index in [4.69, 9.17) is 0 Å². The molecule has 0 aliphatic carbocycles. The first kappa shape index (κ1) is 14.8. The van der Waals surface area contributed by atoms with Crippen LogP contribution >= 0.6 is 11.8 Å². The topological polar surface area (TPSA) is 46.2 Å². The third kappa shape index (κ3) is 3.29. The summed E-state index contributed by atoms with van der Waals surface area (Å²) < 4.78 is 52.2. The number of sulfonamides is 1. The van der Waals surface area contributed by atoms with Gasteiger partial charge in [0, 0.05) is 10.6 Å². The number of nitrogens with one attached hydrogen (secondary N) is 1. The van der Waals surface area contributed by atoms with Crippen LogP contribution in [0.5, 0.6) is 0 Å². The van der Waals surface area contributed by atoms with Crippen LogP contribution in [0.25, 0.3) is 0 Å². The maximum Gasteiger partial charge on any atom is 0.261 e. The van der Waals surface area contributed by atoms with Gasteiger partial charge in [0.05, 0.1) is 4.90 Å². The molecule has 1 N–H and O–H groups in total. The van der Waals surface area contributed by atoms with Gasteiger partial charge < -0.3 is 0 Å². The van der Waals surface area contributed by atoms with Crippen molar-refractivity contribution in [3.05, 3.63) is 54.1 Å². The number of rotatable bonds is 4. The first-order valence-electron chi connectivity index (χ1n) is 5.54. The molecule has 2 aromatic carbocycles. The molecule has 0 saturated carbocycles. The van der Waals surface area contributed by atoms with Crippen molar-refractivity contribution in [3.63, 3.8) is 0 Å². The van der Waals surface area contributed by atoms with Crippen LogP contribution in [0.1, 0.15) is 0 Å². The first-order chi connectivity index (χ1) is 9.42. The highest BCUT2D eigenvalue weighted by molar-refractivity contribution is 7.98. The molecule has 0 atom stereocenters. The van der Waals surface area contributed by atoms with Gasteiger partial charge in [0.25, 0.3) is 10.0 Å². The lowest BCUT2D eigenvalue weighted by Crippen LogP contribution is -2.13. The lowest BCUT2D eigenvalue weighted by molar-refractivity contribution is 0.504. The van der Waals surface area contributed by atoms with Gasteiger partial charge in [-0.1, -0.05) is 0 Å². The summed E-state index contributed by atoms with van der Waals surface area (Å²) in [5, 5.41) is 0. The molecule has 0 aromatic heterocycles. The minimum absolute atomic E-state index is 0.328. The summed E-state index contributed by atoms with van der Waals surface area (Å²) >= 11 is 1.53. The molecular formula is C13H11F2NO2S2. The van der Waals surface area contributed by atoms with Gasteiger partial charge >= 0.3 is 0 Å². The molecule has 0 fully saturated rings. The molecule has 2 aromatic rings. The highest BCUT2D eigenvalue weighted by Gasteiger charge is 2.16. The molecule has 0 radical (unpaired) electrons. The van der Waals surface area contributed by atoms with E-state index in [1.165, 1.54) is 11.8 Å². The second-order valence-corrected chi connectivity index (χ2v) is 6.47. The van der Waals surface area contributed by atoms with Crippen molar-refractivity contribution in [1.82, 2.24) is 0 Å². The zero-order chi connectivity index (χ0) is 14.8. The molecule has 0 saturated heterocycles. The minimum atomic E-state index is -3.94. The van der Waals surface area contributed by atoms with Crippen molar-refractivity contribution >= 4 is 27.5 Å². The Morgan fingerprint density at radius 2 is 1.65 bits per heavy atom. The summed E-state index contributed by atoms with van der Waals surface area (Å²) in [6.45, 7) is 0. The molecule has 0 amide bonds. The van der Waals surface area contributed by atoms with Crippen LogP contribution in [0, 0.1) is 11.6 Å². The molecule has 7 heteroatoms. The number of hydrogen-bond acceptors (Lipinski definition) is 3. The molecule has 0 heterocycles. The molecule has 0 spiro atoms. The van der Waals surface area contributed by atoms with E-state index in [0.29, 0.717) is 11.8 Å². The Balaban J connectivity index is 2.27. The summed E-state index contributed by atoms with van der Waals surface area (Å²) in [4.78, 5) is 0.658. The van der Waals surface area contributed by atoms with E-state index in [9.17, 15) is 17.2 Å². The molecule has 0 aliphatic heterocycles. The Hall–Kier alpha value is -1.60. The Morgan fingerprint density at radius 1 is 1.00 bits per heavy atom. The molecule has 0 bridgehead atoms. The number of thioether (sulfide) groups is 1. The van der Waals surface area contributed by atoms with Crippen molar-refractivity contribution in [2.75, 3.05) is 11.0 Å². The summed E-state index contributed by atoms with van der Waals surface area (Å²) in [5.41, 5.74) is 0.354. The molecule has 106 valence electrons. The maximum atomic E-state index is 13.1. The summed E-state index contributed by atoms with van der Waals surface area (Å²) in [6.07, 6.45) is 1.90. The highest BCUT2D eigenvalue weighted by Crippen LogP contribution is 2.21. The minimum Gasteiger partial charge on any atom is -0.280 e. The lowest BCUT2D eigenvalue weighted by atomic mass is 10.3. The van der Waals surface area contributed by atoms with Crippen molar-refractivity contribution < 1.29 is 17.2 Å². The number of hydrogen-bond donors (Lipinski definition) is 1. The smallest absolute Gasteiger partial charge is 0.261 e. The van der Waals surface area contributed by atoms with E-state index in [0.717, 1.165) is 17.0 Å². The van der Waals surface area contributed by atoms with Crippen LogP contribution in [0.3, 0.4) is 0 Å². The Kier molecular flexibility index (Phi) is 4.29. The lowest BCUT2D eigenvalue weighted by Gasteiger charge is -2.08. The number of anilines is 1. The van der Waals surface area contributed by atoms with Crippen molar-refractivity contribution in [1.29, 1.82) is 0 Å². The van der Waals surface area contributed by atoms with Gasteiger partial charge in [0.15, 0.2) is 11.6 Å². The molecule has 0 aliphatic rings. The van der Waals surface area contributed by atoms with Crippen molar-refractivity contribution in [2.24, 2.45) is 0 Å². The Labute approximate surface area is 120 Å². The fourth-order valence-electron chi connectivity index (χ4n) is 1.52. The van der Waals surface area contributed by atoms with Crippen LogP contribution in [-0.2, 0) is 10.0 Å². The van der Waals surface area contributed by atoms with Crippen LogP contribution in [0.4, 0.5) is 14.5 Å². The zero-order valence-electron chi connectivity index (χ0n) is 10.4. The fraction of sp³-hybridized carbons (Fsp3) is 0.0769. The molecule has 0 unspecified atom stereocenters. The quantitative estimate of drug-likeness (QED) is 0.879. The van der Waals surface area contributed by atoms with Gasteiger partial charge in [0.1, 0.15) is 0 Å². The highest BCUT2D eigenvalue weighted by atomic mass is 32.2. The van der Waals surface area contributed by atoms with Crippen LogP contribution in [0.15, 0.2) is 52.3 Å². The summed E-state index contributed by atoms with van der Waals surface area (Å²) in [5.74, 6) is -2.29. The van der Waals surface area contributed by atoms with Crippen molar-refractivity contribution in [3.8, 4) is 0 Å². The number of benzene rings is 2. The van der Waals surface area contributed by atoms with E-state index >= 15 is 0 Å². The normalized spacial score (nSPS) is 11.3. The SMILES string of the molecule is CSc1ccc(NS(=O)(=O)c2ccc(F)c(F)c2)cc1. The summed E-state index contributed by atoms with van der Waals surface area (Å²) in [6, 6.07) is 9.15. The van der Waals surface area contributed by atoms with E-state index in [1.807, 2.05) is 6.26 Å². The zero-order valence-corrected chi connectivity index (χ0v) is 12.1. The average molecular weight is 315 g/mol. The van der Waals surface area contributed by atoms with Gasteiger partial charge in [-0.25, -0.2) is 17.2 Å². The van der Waals surface area contributed by atoms with Gasteiger partial charge in [-0.15, -0.1) is 11.8 Å². The number of halogens is 2. The fourth-order valence-corrected chi connectivity index (χ4v) is 3.00. The average Bonchev–Trinajstić information content (AvgIpc) is 2.42. The third-order valence-corrected chi connectivity index (χ3v) is 4.67. The standard InChI is InChI=1S/C13H11F2NO2S2/c1-19-10-4-2-9(3-5-10)16-20(17,18)11-6-7-12(14)13(15)8-11/h2-8,16H,1H3. The second-order valence-electron chi connectivity index (χ2n) is 3.91.